The highest BCUT2D eigenvalue weighted by molar-refractivity contribution is 5.66. The van der Waals surface area contributed by atoms with Gasteiger partial charge in [-0.1, -0.05) is 58.3 Å². The number of unbranched alkanes of at least 4 members (excludes halogenated alkanes) is 1. The SMILES string of the molecule is CCCCC1CCC(CCCc2cc(F)c(-c3cc(F)c(C(F)(F)F)c(F)c3)c(F)c2)CC1. The van der Waals surface area contributed by atoms with Gasteiger partial charge in [-0.25, -0.2) is 17.6 Å². The molecule has 1 fully saturated rings. The summed E-state index contributed by atoms with van der Waals surface area (Å²) in [6.07, 6.45) is 5.58. The van der Waals surface area contributed by atoms with E-state index in [1.165, 1.54) is 44.9 Å². The molecule has 182 valence electrons. The van der Waals surface area contributed by atoms with Gasteiger partial charge in [0.2, 0.25) is 0 Å². The lowest BCUT2D eigenvalue weighted by Crippen LogP contribution is -2.14. The molecule has 7 heteroatoms. The molecule has 2 aromatic rings. The molecule has 0 amide bonds. The fraction of sp³-hybridized carbons (Fsp3) is 0.538. The molecule has 2 aromatic carbocycles. The normalized spacial score (nSPS) is 19.2. The Hall–Kier alpha value is -2.05. The first-order valence-corrected chi connectivity index (χ1v) is 11.6. The van der Waals surface area contributed by atoms with Crippen LogP contribution in [0.25, 0.3) is 11.1 Å². The van der Waals surface area contributed by atoms with Crippen LogP contribution in [0, 0.1) is 35.1 Å². The van der Waals surface area contributed by atoms with Gasteiger partial charge < -0.3 is 0 Å². The van der Waals surface area contributed by atoms with E-state index in [1.807, 2.05) is 0 Å². The topological polar surface area (TPSA) is 0 Å². The van der Waals surface area contributed by atoms with Crippen molar-refractivity contribution >= 4 is 0 Å². The average Bonchev–Trinajstić information content (AvgIpc) is 2.71. The van der Waals surface area contributed by atoms with E-state index in [-0.39, 0.29) is 0 Å². The lowest BCUT2D eigenvalue weighted by molar-refractivity contribution is -0.142. The van der Waals surface area contributed by atoms with Gasteiger partial charge in [0.15, 0.2) is 0 Å². The first-order chi connectivity index (χ1) is 15.6. The molecule has 0 unspecified atom stereocenters. The summed E-state index contributed by atoms with van der Waals surface area (Å²) >= 11 is 0. The van der Waals surface area contributed by atoms with Crippen molar-refractivity contribution in [3.8, 4) is 11.1 Å². The van der Waals surface area contributed by atoms with Crippen molar-refractivity contribution in [1.82, 2.24) is 0 Å². The Morgan fingerprint density at radius 3 is 1.67 bits per heavy atom. The van der Waals surface area contributed by atoms with Gasteiger partial charge in [0.1, 0.15) is 28.8 Å². The molecular formula is C26H29F7. The minimum atomic E-state index is -5.25. The van der Waals surface area contributed by atoms with Crippen LogP contribution in [0.15, 0.2) is 24.3 Å². The first kappa shape index (κ1) is 25.6. The van der Waals surface area contributed by atoms with E-state index in [1.54, 1.807) is 0 Å². The maximum Gasteiger partial charge on any atom is 0.422 e. The molecule has 0 N–H and O–H groups in total. The zero-order chi connectivity index (χ0) is 24.2. The molecule has 1 aliphatic carbocycles. The third kappa shape index (κ3) is 6.51. The van der Waals surface area contributed by atoms with E-state index >= 15 is 0 Å². The summed E-state index contributed by atoms with van der Waals surface area (Å²) in [4.78, 5) is 0. The second-order valence-electron chi connectivity index (χ2n) is 9.17. The maximum absolute atomic E-state index is 14.6. The van der Waals surface area contributed by atoms with E-state index in [9.17, 15) is 30.7 Å². The molecule has 3 rings (SSSR count). The van der Waals surface area contributed by atoms with Crippen molar-refractivity contribution in [2.24, 2.45) is 11.8 Å². The Kier molecular flexibility index (Phi) is 8.46. The zero-order valence-corrected chi connectivity index (χ0v) is 18.7. The van der Waals surface area contributed by atoms with Crippen molar-refractivity contribution < 1.29 is 30.7 Å². The van der Waals surface area contributed by atoms with Crippen LogP contribution in [0.3, 0.4) is 0 Å². The summed E-state index contributed by atoms with van der Waals surface area (Å²) in [7, 11) is 0. The minimum absolute atomic E-state index is 0.309. The molecule has 0 saturated heterocycles. The van der Waals surface area contributed by atoms with Crippen LogP contribution in [0.5, 0.6) is 0 Å². The number of hydrogen-bond acceptors (Lipinski definition) is 0. The van der Waals surface area contributed by atoms with Gasteiger partial charge in [0, 0.05) is 0 Å². The number of benzene rings is 2. The molecule has 1 aliphatic rings. The molecule has 0 aromatic heterocycles. The smallest absolute Gasteiger partial charge is 0.206 e. The summed E-state index contributed by atoms with van der Waals surface area (Å²) in [5, 5.41) is 0. The Balaban J connectivity index is 1.63. The second kappa shape index (κ2) is 10.9. The van der Waals surface area contributed by atoms with Crippen LogP contribution < -0.4 is 0 Å². The number of aryl methyl sites for hydroxylation is 1. The predicted octanol–water partition coefficient (Wildman–Crippen LogP) is 9.25. The van der Waals surface area contributed by atoms with Crippen LogP contribution >= 0.6 is 0 Å². The summed E-state index contributed by atoms with van der Waals surface area (Å²) in [6, 6.07) is 2.80. The first-order valence-electron chi connectivity index (χ1n) is 11.6. The van der Waals surface area contributed by atoms with E-state index in [4.69, 9.17) is 0 Å². The molecule has 0 nitrogen and oxygen atoms in total. The summed E-state index contributed by atoms with van der Waals surface area (Å²) in [5.41, 5.74) is -3.02. The number of alkyl halides is 3. The van der Waals surface area contributed by atoms with Crippen LogP contribution in [-0.2, 0) is 12.6 Å². The Bertz CT molecular complexity index is 894. The van der Waals surface area contributed by atoms with Gasteiger partial charge in [-0.3, -0.25) is 0 Å². The van der Waals surface area contributed by atoms with E-state index in [0.717, 1.165) is 30.9 Å². The molecule has 1 saturated carbocycles. The van der Waals surface area contributed by atoms with Crippen LogP contribution in [0.1, 0.15) is 75.8 Å². The van der Waals surface area contributed by atoms with Crippen molar-refractivity contribution in [2.75, 3.05) is 0 Å². The fourth-order valence-corrected chi connectivity index (χ4v) is 4.93. The Morgan fingerprint density at radius 2 is 1.21 bits per heavy atom. The quantitative estimate of drug-likeness (QED) is 0.335. The standard InChI is InChI=1S/C26H29F7/c1-2-3-5-16-8-10-17(11-9-16)6-4-7-18-12-20(27)24(21(28)13-18)19-14-22(29)25(23(30)15-19)26(31,32)33/h12-17H,2-11H2,1H3. The van der Waals surface area contributed by atoms with Crippen molar-refractivity contribution in [3.05, 3.63) is 58.7 Å². The Labute approximate surface area is 190 Å². The Morgan fingerprint density at radius 1 is 0.727 bits per heavy atom. The number of hydrogen-bond donors (Lipinski definition) is 0. The molecule has 0 bridgehead atoms. The van der Waals surface area contributed by atoms with Gasteiger partial charge in [-0.05, 0) is 60.1 Å². The minimum Gasteiger partial charge on any atom is -0.206 e. The number of halogens is 7. The summed E-state index contributed by atoms with van der Waals surface area (Å²) in [5.74, 6) is -4.50. The second-order valence-corrected chi connectivity index (χ2v) is 9.17. The third-order valence-corrected chi connectivity index (χ3v) is 6.73. The van der Waals surface area contributed by atoms with Crippen LogP contribution in [0.4, 0.5) is 30.7 Å². The number of rotatable bonds is 8. The zero-order valence-electron chi connectivity index (χ0n) is 18.7. The van der Waals surface area contributed by atoms with Crippen LogP contribution in [0.2, 0.25) is 0 Å². The lowest BCUT2D eigenvalue weighted by Gasteiger charge is -2.28. The van der Waals surface area contributed by atoms with Gasteiger partial charge in [-0.2, -0.15) is 13.2 Å². The molecule has 0 heterocycles. The maximum atomic E-state index is 14.6. The molecule has 0 aliphatic heterocycles. The molecule has 0 spiro atoms. The van der Waals surface area contributed by atoms with E-state index < -0.39 is 46.1 Å². The lowest BCUT2D eigenvalue weighted by atomic mass is 9.78. The average molecular weight is 475 g/mol. The summed E-state index contributed by atoms with van der Waals surface area (Å²) < 4.78 is 95.2. The van der Waals surface area contributed by atoms with Gasteiger partial charge in [0.05, 0.1) is 5.56 Å². The van der Waals surface area contributed by atoms with Crippen molar-refractivity contribution in [2.45, 2.75) is 77.3 Å². The molecular weight excluding hydrogens is 445 g/mol. The monoisotopic (exact) mass is 474 g/mol. The molecule has 33 heavy (non-hydrogen) atoms. The highest BCUT2D eigenvalue weighted by atomic mass is 19.4. The molecule has 0 radical (unpaired) electrons. The van der Waals surface area contributed by atoms with Crippen molar-refractivity contribution in [3.63, 3.8) is 0 Å². The predicted molar refractivity (Wildman–Crippen MR) is 115 cm³/mol. The third-order valence-electron chi connectivity index (χ3n) is 6.73. The fourth-order valence-electron chi connectivity index (χ4n) is 4.93. The van der Waals surface area contributed by atoms with Crippen LogP contribution in [-0.4, -0.2) is 0 Å². The van der Waals surface area contributed by atoms with Gasteiger partial charge >= 0.3 is 6.18 Å². The highest BCUT2D eigenvalue weighted by Gasteiger charge is 2.38. The summed E-state index contributed by atoms with van der Waals surface area (Å²) in [6.45, 7) is 2.20. The van der Waals surface area contributed by atoms with Gasteiger partial charge in [-0.15, -0.1) is 0 Å². The molecule has 0 atom stereocenters. The van der Waals surface area contributed by atoms with Gasteiger partial charge in [0.25, 0.3) is 0 Å². The van der Waals surface area contributed by atoms with E-state index in [2.05, 4.69) is 6.92 Å². The largest absolute Gasteiger partial charge is 0.422 e. The van der Waals surface area contributed by atoms with E-state index in [0.29, 0.717) is 30.0 Å². The highest BCUT2D eigenvalue weighted by Crippen LogP contribution is 2.38. The van der Waals surface area contributed by atoms with Crippen molar-refractivity contribution in [1.29, 1.82) is 0 Å².